The number of imidazole rings is 2. The molecule has 0 aliphatic heterocycles. The van der Waals surface area contributed by atoms with E-state index in [0.717, 1.165) is 56.7 Å². The van der Waals surface area contributed by atoms with E-state index in [1.807, 2.05) is 36.4 Å². The summed E-state index contributed by atoms with van der Waals surface area (Å²) in [7, 11) is 3.36. The third-order valence-corrected chi connectivity index (χ3v) is 6.40. The minimum absolute atomic E-state index is 0.811. The molecule has 0 aliphatic carbocycles. The molecule has 0 bridgehead atoms. The Morgan fingerprint density at radius 2 is 1.14 bits per heavy atom. The first-order valence-electron chi connectivity index (χ1n) is 11.8. The van der Waals surface area contributed by atoms with Crippen LogP contribution in [0.25, 0.3) is 45.2 Å². The van der Waals surface area contributed by atoms with Gasteiger partial charge in [0.15, 0.2) is 0 Å². The van der Waals surface area contributed by atoms with Gasteiger partial charge in [0.05, 0.1) is 31.3 Å². The number of rotatable bonds is 6. The van der Waals surface area contributed by atoms with Crippen LogP contribution in [0.4, 0.5) is 0 Å². The number of fused-ring (bicyclic) bond motifs is 1. The van der Waals surface area contributed by atoms with E-state index < -0.39 is 0 Å². The lowest BCUT2D eigenvalue weighted by atomic mass is 10.0. The first kappa shape index (κ1) is 21.7. The number of hydrogen-bond donors (Lipinski definition) is 0. The van der Waals surface area contributed by atoms with Gasteiger partial charge in [-0.15, -0.1) is 0 Å². The van der Waals surface area contributed by atoms with Gasteiger partial charge in [0, 0.05) is 28.6 Å². The molecule has 0 aliphatic rings. The van der Waals surface area contributed by atoms with Gasteiger partial charge in [-0.25, -0.2) is 4.98 Å². The Morgan fingerprint density at radius 3 is 1.72 bits per heavy atom. The molecule has 36 heavy (non-hydrogen) atoms. The van der Waals surface area contributed by atoms with Gasteiger partial charge in [0.1, 0.15) is 11.5 Å². The van der Waals surface area contributed by atoms with E-state index in [1.54, 1.807) is 14.2 Å². The zero-order chi connectivity index (χ0) is 24.5. The molecule has 0 amide bonds. The maximum atomic E-state index is 5.41. The van der Waals surface area contributed by atoms with Crippen LogP contribution in [0.15, 0.2) is 115 Å². The lowest BCUT2D eigenvalue weighted by molar-refractivity contribution is 0.414. The molecule has 0 fully saturated rings. The van der Waals surface area contributed by atoms with Crippen molar-refractivity contribution in [3.8, 4) is 51.0 Å². The molecular weight excluding hydrogens is 446 g/mol. The van der Waals surface area contributed by atoms with Crippen molar-refractivity contribution >= 4 is 5.78 Å². The van der Waals surface area contributed by atoms with Crippen molar-refractivity contribution in [3.05, 3.63) is 115 Å². The highest BCUT2D eigenvalue weighted by atomic mass is 16.5. The Labute approximate surface area is 209 Å². The van der Waals surface area contributed by atoms with Crippen molar-refractivity contribution in [2.24, 2.45) is 0 Å². The van der Waals surface area contributed by atoms with Crippen molar-refractivity contribution in [1.82, 2.24) is 14.0 Å². The van der Waals surface area contributed by atoms with Gasteiger partial charge < -0.3 is 9.47 Å². The summed E-state index contributed by atoms with van der Waals surface area (Å²) in [4.78, 5) is 5.23. The maximum absolute atomic E-state index is 5.41. The zero-order valence-corrected chi connectivity index (χ0v) is 20.1. The molecule has 6 aromatic rings. The van der Waals surface area contributed by atoms with Gasteiger partial charge in [-0.3, -0.25) is 8.97 Å². The highest BCUT2D eigenvalue weighted by Crippen LogP contribution is 2.37. The summed E-state index contributed by atoms with van der Waals surface area (Å²) in [5, 5.41) is 0. The number of aromatic nitrogens is 3. The van der Waals surface area contributed by atoms with E-state index in [0.29, 0.717) is 0 Å². The van der Waals surface area contributed by atoms with Crippen LogP contribution in [0, 0.1) is 0 Å². The highest BCUT2D eigenvalue weighted by Gasteiger charge is 2.22. The van der Waals surface area contributed by atoms with E-state index in [2.05, 4.69) is 88.0 Å². The number of methoxy groups -OCH3 is 2. The van der Waals surface area contributed by atoms with E-state index in [-0.39, 0.29) is 0 Å². The SMILES string of the molecule is COc1ccc(-c2cn3c(-c4ccccc4)c(-c4ccccc4)nc3n2-c2ccc(OC)cc2)cc1. The molecule has 0 saturated heterocycles. The molecule has 0 unspecified atom stereocenters. The normalized spacial score (nSPS) is 11.1. The number of nitrogens with zero attached hydrogens (tertiary/aromatic N) is 3. The average Bonchev–Trinajstić information content (AvgIpc) is 3.50. The summed E-state index contributed by atoms with van der Waals surface area (Å²) < 4.78 is 15.2. The summed E-state index contributed by atoms with van der Waals surface area (Å²) in [6.07, 6.45) is 2.17. The van der Waals surface area contributed by atoms with Crippen LogP contribution in [-0.4, -0.2) is 28.2 Å². The van der Waals surface area contributed by atoms with Crippen molar-refractivity contribution in [3.63, 3.8) is 0 Å². The Morgan fingerprint density at radius 1 is 0.583 bits per heavy atom. The first-order valence-corrected chi connectivity index (χ1v) is 11.8. The summed E-state index contributed by atoms with van der Waals surface area (Å²) in [6.45, 7) is 0. The van der Waals surface area contributed by atoms with E-state index in [9.17, 15) is 0 Å². The minimum Gasteiger partial charge on any atom is -0.497 e. The monoisotopic (exact) mass is 471 g/mol. The Balaban J connectivity index is 1.67. The number of hydrogen-bond acceptors (Lipinski definition) is 3. The van der Waals surface area contributed by atoms with Crippen LogP contribution < -0.4 is 9.47 Å². The van der Waals surface area contributed by atoms with Crippen molar-refractivity contribution in [1.29, 1.82) is 0 Å². The van der Waals surface area contributed by atoms with Crippen LogP contribution in [0.2, 0.25) is 0 Å². The molecule has 0 spiro atoms. The molecule has 0 atom stereocenters. The standard InChI is InChI=1S/C31H25N3O2/c1-35-26-17-13-22(14-18-26)28-21-33-30(24-11-7-4-8-12-24)29(23-9-5-3-6-10-23)32-31(33)34(28)25-15-19-27(36-2)20-16-25/h3-21H,1-2H3. The molecule has 0 N–H and O–H groups in total. The van der Waals surface area contributed by atoms with Crippen LogP contribution >= 0.6 is 0 Å². The molecule has 5 nitrogen and oxygen atoms in total. The fraction of sp³-hybridized carbons (Fsp3) is 0.0645. The zero-order valence-electron chi connectivity index (χ0n) is 20.1. The van der Waals surface area contributed by atoms with Gasteiger partial charge in [-0.2, -0.15) is 0 Å². The smallest absolute Gasteiger partial charge is 0.220 e. The second-order valence-electron chi connectivity index (χ2n) is 8.49. The van der Waals surface area contributed by atoms with Crippen molar-refractivity contribution < 1.29 is 9.47 Å². The first-order chi connectivity index (χ1) is 17.8. The number of ether oxygens (including phenoxy) is 2. The Bertz CT molecular complexity index is 1620. The molecule has 2 heterocycles. The quantitative estimate of drug-likeness (QED) is 0.259. The average molecular weight is 472 g/mol. The second kappa shape index (κ2) is 9.12. The minimum atomic E-state index is 0.811. The van der Waals surface area contributed by atoms with E-state index in [1.165, 1.54) is 0 Å². The molecule has 2 aromatic heterocycles. The second-order valence-corrected chi connectivity index (χ2v) is 8.49. The molecule has 6 rings (SSSR count). The van der Waals surface area contributed by atoms with Crippen LogP contribution in [0.5, 0.6) is 11.5 Å². The predicted octanol–water partition coefficient (Wildman–Crippen LogP) is 7.14. The fourth-order valence-corrected chi connectivity index (χ4v) is 4.61. The topological polar surface area (TPSA) is 40.7 Å². The largest absolute Gasteiger partial charge is 0.497 e. The molecular formula is C31H25N3O2. The van der Waals surface area contributed by atoms with Gasteiger partial charge in [-0.1, -0.05) is 60.7 Å². The lowest BCUT2D eigenvalue weighted by Crippen LogP contribution is -1.98. The van der Waals surface area contributed by atoms with E-state index in [4.69, 9.17) is 14.5 Å². The van der Waals surface area contributed by atoms with Gasteiger partial charge >= 0.3 is 0 Å². The van der Waals surface area contributed by atoms with Crippen LogP contribution in [-0.2, 0) is 0 Å². The summed E-state index contributed by atoms with van der Waals surface area (Å²) >= 11 is 0. The van der Waals surface area contributed by atoms with E-state index >= 15 is 0 Å². The molecule has 4 aromatic carbocycles. The predicted molar refractivity (Wildman–Crippen MR) is 144 cm³/mol. The van der Waals surface area contributed by atoms with Gasteiger partial charge in [0.2, 0.25) is 5.78 Å². The molecule has 0 radical (unpaired) electrons. The number of benzene rings is 4. The molecule has 5 heteroatoms. The summed E-state index contributed by atoms with van der Waals surface area (Å²) in [5.74, 6) is 2.47. The van der Waals surface area contributed by atoms with Crippen molar-refractivity contribution in [2.45, 2.75) is 0 Å². The molecule has 0 saturated carbocycles. The van der Waals surface area contributed by atoms with Gasteiger partial charge in [-0.05, 0) is 48.5 Å². The third kappa shape index (κ3) is 3.71. The summed E-state index contributed by atoms with van der Waals surface area (Å²) in [5.41, 5.74) is 7.28. The highest BCUT2D eigenvalue weighted by molar-refractivity contribution is 5.83. The fourth-order valence-electron chi connectivity index (χ4n) is 4.61. The van der Waals surface area contributed by atoms with Crippen molar-refractivity contribution in [2.75, 3.05) is 14.2 Å². The lowest BCUT2D eigenvalue weighted by Gasteiger charge is -2.11. The van der Waals surface area contributed by atoms with Crippen LogP contribution in [0.3, 0.4) is 0 Å². The van der Waals surface area contributed by atoms with Gasteiger partial charge in [0.25, 0.3) is 0 Å². The Hall–Kier alpha value is -4.77. The summed E-state index contributed by atoms with van der Waals surface area (Å²) in [6, 6.07) is 37.0. The molecule has 176 valence electrons. The Kier molecular flexibility index (Phi) is 5.51. The third-order valence-electron chi connectivity index (χ3n) is 6.40. The van der Waals surface area contributed by atoms with Crippen LogP contribution in [0.1, 0.15) is 0 Å². The maximum Gasteiger partial charge on any atom is 0.220 e.